The molecule has 0 aliphatic rings. The lowest BCUT2D eigenvalue weighted by molar-refractivity contribution is 0.320. The highest BCUT2D eigenvalue weighted by Gasteiger charge is 2.25. The van der Waals surface area contributed by atoms with Crippen LogP contribution in [0.1, 0.15) is 11.3 Å². The number of nitrogens with zero attached hydrogens (tertiary/aromatic N) is 2. The summed E-state index contributed by atoms with van der Waals surface area (Å²) in [6.45, 7) is 1.86. The summed E-state index contributed by atoms with van der Waals surface area (Å²) in [7, 11) is -3.88. The monoisotopic (exact) mass is 276 g/mol. The normalized spacial score (nSPS) is 12.4. The van der Waals surface area contributed by atoms with Crippen molar-refractivity contribution in [2.24, 2.45) is 5.16 Å². The fraction of sp³-hybridized carbons (Fsp3) is 0.0769. The van der Waals surface area contributed by atoms with Crippen molar-refractivity contribution >= 4 is 14.9 Å². The predicted octanol–water partition coefficient (Wildman–Crippen LogP) is 2.00. The summed E-state index contributed by atoms with van der Waals surface area (Å²) in [6.07, 6.45) is 1.44. The minimum Gasteiger partial charge on any atom is -0.410 e. The summed E-state index contributed by atoms with van der Waals surface area (Å²) < 4.78 is 24.7. The van der Waals surface area contributed by atoms with E-state index < -0.39 is 14.9 Å². The van der Waals surface area contributed by atoms with E-state index in [4.69, 9.17) is 5.21 Å². The molecule has 0 fully saturated rings. The average Bonchev–Trinajstić information content (AvgIpc) is 2.41. The minimum atomic E-state index is -3.88. The van der Waals surface area contributed by atoms with Gasteiger partial charge in [0.05, 0.1) is 4.90 Å². The number of oxime groups is 1. The van der Waals surface area contributed by atoms with Crippen LogP contribution in [0, 0.1) is 6.92 Å². The van der Waals surface area contributed by atoms with Crippen LogP contribution in [0.2, 0.25) is 0 Å². The highest BCUT2D eigenvalue weighted by molar-refractivity contribution is 8.07. The zero-order valence-electron chi connectivity index (χ0n) is 10.2. The van der Waals surface area contributed by atoms with Crippen molar-refractivity contribution in [3.63, 3.8) is 0 Å². The largest absolute Gasteiger partial charge is 0.410 e. The Labute approximate surface area is 111 Å². The Morgan fingerprint density at radius 1 is 1.16 bits per heavy atom. The molecule has 5 nitrogen and oxygen atoms in total. The average molecular weight is 276 g/mol. The molecule has 1 aromatic carbocycles. The number of benzene rings is 1. The maximum absolute atomic E-state index is 12.3. The fourth-order valence-corrected chi connectivity index (χ4v) is 2.78. The fourth-order valence-electron chi connectivity index (χ4n) is 1.56. The summed E-state index contributed by atoms with van der Waals surface area (Å²) in [5.74, 6) is 0. The third-order valence-electron chi connectivity index (χ3n) is 2.56. The Kier molecular flexibility index (Phi) is 3.62. The zero-order valence-corrected chi connectivity index (χ0v) is 11.0. The van der Waals surface area contributed by atoms with Crippen LogP contribution in [0.15, 0.2) is 58.7 Å². The van der Waals surface area contributed by atoms with E-state index in [0.29, 0.717) is 0 Å². The van der Waals surface area contributed by atoms with Crippen LogP contribution in [0.25, 0.3) is 0 Å². The highest BCUT2D eigenvalue weighted by Crippen LogP contribution is 2.16. The first-order valence-electron chi connectivity index (χ1n) is 5.51. The molecule has 1 aromatic heterocycles. The van der Waals surface area contributed by atoms with Crippen molar-refractivity contribution < 1.29 is 13.6 Å². The van der Waals surface area contributed by atoms with Gasteiger partial charge in [-0.25, -0.2) is 8.42 Å². The lowest BCUT2D eigenvalue weighted by Gasteiger charge is -2.06. The molecule has 2 rings (SSSR count). The van der Waals surface area contributed by atoms with Crippen molar-refractivity contribution in [1.29, 1.82) is 0 Å². The first kappa shape index (κ1) is 13.2. The van der Waals surface area contributed by atoms with Gasteiger partial charge in [-0.2, -0.15) is 0 Å². The molecule has 0 aliphatic heterocycles. The Morgan fingerprint density at radius 3 is 2.37 bits per heavy atom. The second kappa shape index (κ2) is 5.19. The van der Waals surface area contributed by atoms with Crippen LogP contribution < -0.4 is 0 Å². The van der Waals surface area contributed by atoms with E-state index >= 15 is 0 Å². The molecule has 0 saturated carbocycles. The van der Waals surface area contributed by atoms with Crippen LogP contribution in [-0.2, 0) is 9.84 Å². The van der Waals surface area contributed by atoms with Gasteiger partial charge in [-0.1, -0.05) is 28.9 Å². The molecule has 1 N–H and O–H groups in total. The summed E-state index contributed by atoms with van der Waals surface area (Å²) >= 11 is 0. The van der Waals surface area contributed by atoms with Gasteiger partial charge < -0.3 is 5.21 Å². The molecule has 0 bridgehead atoms. The number of hydrogen-bond acceptors (Lipinski definition) is 5. The minimum absolute atomic E-state index is 0.0663. The van der Waals surface area contributed by atoms with E-state index in [1.54, 1.807) is 24.3 Å². The zero-order chi connectivity index (χ0) is 13.9. The standard InChI is InChI=1S/C13H12N2O3S/c1-10-5-7-11(8-6-10)19(17,18)13(15-16)12-4-2-3-9-14-12/h2-9,16H,1H3. The van der Waals surface area contributed by atoms with Gasteiger partial charge >= 0.3 is 0 Å². The SMILES string of the molecule is Cc1ccc(S(=O)(=O)C(=NO)c2ccccn2)cc1. The van der Waals surface area contributed by atoms with Crippen molar-refractivity contribution in [3.05, 3.63) is 59.9 Å². The third-order valence-corrected chi connectivity index (χ3v) is 4.25. The quantitative estimate of drug-likeness (QED) is 0.394. The molecule has 0 spiro atoms. The molecule has 0 aliphatic carbocycles. The smallest absolute Gasteiger partial charge is 0.229 e. The summed E-state index contributed by atoms with van der Waals surface area (Å²) in [5, 5.41) is 11.4. The number of pyridine rings is 1. The van der Waals surface area contributed by atoms with Gasteiger partial charge in [0, 0.05) is 6.20 Å². The van der Waals surface area contributed by atoms with Gasteiger partial charge in [-0.15, -0.1) is 0 Å². The van der Waals surface area contributed by atoms with Gasteiger partial charge in [-0.3, -0.25) is 4.98 Å². The highest BCUT2D eigenvalue weighted by atomic mass is 32.2. The first-order chi connectivity index (χ1) is 9.05. The molecule has 98 valence electrons. The Hall–Kier alpha value is -2.21. The van der Waals surface area contributed by atoms with Gasteiger partial charge in [0.1, 0.15) is 5.69 Å². The van der Waals surface area contributed by atoms with Crippen LogP contribution >= 0.6 is 0 Å². The molecule has 0 amide bonds. The summed E-state index contributed by atoms with van der Waals surface area (Å²) in [6, 6.07) is 11.0. The molecule has 0 saturated heterocycles. The maximum atomic E-state index is 12.3. The van der Waals surface area contributed by atoms with Crippen molar-refractivity contribution in [1.82, 2.24) is 4.98 Å². The van der Waals surface area contributed by atoms with Gasteiger partial charge in [0.15, 0.2) is 0 Å². The van der Waals surface area contributed by atoms with E-state index in [-0.39, 0.29) is 10.6 Å². The topological polar surface area (TPSA) is 79.6 Å². The van der Waals surface area contributed by atoms with Crippen LogP contribution in [0.3, 0.4) is 0 Å². The second-order valence-electron chi connectivity index (χ2n) is 3.94. The Morgan fingerprint density at radius 2 is 1.84 bits per heavy atom. The van der Waals surface area contributed by atoms with Gasteiger partial charge in [0.2, 0.25) is 14.9 Å². The molecule has 19 heavy (non-hydrogen) atoms. The summed E-state index contributed by atoms with van der Waals surface area (Å²) in [5.41, 5.74) is 1.05. The number of aromatic nitrogens is 1. The van der Waals surface area contributed by atoms with E-state index in [1.165, 1.54) is 24.4 Å². The molecule has 0 unspecified atom stereocenters. The Bertz CT molecular complexity index is 692. The molecule has 2 aromatic rings. The third kappa shape index (κ3) is 2.63. The Balaban J connectivity index is 2.52. The molecular weight excluding hydrogens is 264 g/mol. The van der Waals surface area contributed by atoms with Crippen molar-refractivity contribution in [2.75, 3.05) is 0 Å². The molecular formula is C13H12N2O3S. The molecule has 6 heteroatoms. The van der Waals surface area contributed by atoms with Crippen molar-refractivity contribution in [2.45, 2.75) is 11.8 Å². The lowest BCUT2D eigenvalue weighted by Crippen LogP contribution is -2.18. The van der Waals surface area contributed by atoms with Crippen molar-refractivity contribution in [3.8, 4) is 0 Å². The molecule has 1 heterocycles. The number of hydrogen-bond donors (Lipinski definition) is 1. The van der Waals surface area contributed by atoms with Crippen LogP contribution in [0.4, 0.5) is 0 Å². The molecule has 0 radical (unpaired) electrons. The van der Waals surface area contributed by atoms with Crippen LogP contribution in [-0.4, -0.2) is 23.7 Å². The maximum Gasteiger partial charge on any atom is 0.229 e. The van der Waals surface area contributed by atoms with E-state index in [0.717, 1.165) is 5.56 Å². The van der Waals surface area contributed by atoms with Gasteiger partial charge in [-0.05, 0) is 31.2 Å². The first-order valence-corrected chi connectivity index (χ1v) is 6.99. The van der Waals surface area contributed by atoms with E-state index in [9.17, 15) is 8.42 Å². The van der Waals surface area contributed by atoms with E-state index in [2.05, 4.69) is 10.1 Å². The lowest BCUT2D eigenvalue weighted by atomic mass is 10.2. The second-order valence-corrected chi connectivity index (χ2v) is 5.80. The summed E-state index contributed by atoms with van der Waals surface area (Å²) in [4.78, 5) is 3.96. The number of aryl methyl sites for hydroxylation is 1. The molecule has 0 atom stereocenters. The van der Waals surface area contributed by atoms with Gasteiger partial charge in [0.25, 0.3) is 0 Å². The number of rotatable bonds is 2. The van der Waals surface area contributed by atoms with Crippen LogP contribution in [0.5, 0.6) is 0 Å². The van der Waals surface area contributed by atoms with E-state index in [1.807, 2.05) is 6.92 Å². The predicted molar refractivity (Wildman–Crippen MR) is 70.9 cm³/mol. The number of sulfone groups is 1.